The van der Waals surface area contributed by atoms with Crippen molar-refractivity contribution in [2.45, 2.75) is 0 Å². The minimum atomic E-state index is -1.19. The van der Waals surface area contributed by atoms with Gasteiger partial charge in [-0.25, -0.2) is 14.8 Å². The maximum atomic E-state index is 15.9. The Morgan fingerprint density at radius 2 is 0.688 bits per heavy atom. The highest BCUT2D eigenvalue weighted by atomic mass is 16.5. The predicted molar refractivity (Wildman–Crippen MR) is 436 cm³/mol. The molecular formula is C92H64N8O9. The van der Waals surface area contributed by atoms with Crippen LogP contribution in [0.2, 0.25) is 0 Å². The van der Waals surface area contributed by atoms with Crippen LogP contribution in [-0.4, -0.2) is 77.2 Å². The van der Waals surface area contributed by atoms with Crippen LogP contribution in [0.25, 0.3) is 156 Å². The molecule has 17 heteroatoms. The molecule has 12 aromatic carbocycles. The third-order valence-electron chi connectivity index (χ3n) is 20.6. The second-order valence-electron chi connectivity index (χ2n) is 26.6. The zero-order chi connectivity index (χ0) is 74.3. The summed E-state index contributed by atoms with van der Waals surface area (Å²) in [5.74, 6) is -1.89. The Morgan fingerprint density at radius 3 is 1.11 bits per heavy atom. The lowest BCUT2D eigenvalue weighted by Crippen LogP contribution is -2.16. The molecule has 15 aromatic rings. The molecule has 109 heavy (non-hydrogen) atoms. The van der Waals surface area contributed by atoms with Gasteiger partial charge in [0.15, 0.2) is 0 Å². The zero-order valence-electron chi connectivity index (χ0n) is 59.1. The summed E-state index contributed by atoms with van der Waals surface area (Å²) in [4.78, 5) is 79.6. The van der Waals surface area contributed by atoms with Crippen LogP contribution >= 0.6 is 0 Å². The van der Waals surface area contributed by atoms with Crippen LogP contribution < -0.4 is 40.6 Å². The van der Waals surface area contributed by atoms with E-state index in [0.29, 0.717) is 156 Å². The van der Waals surface area contributed by atoms with Gasteiger partial charge in [0.2, 0.25) is 0 Å². The molecule has 17 nitrogen and oxygen atoms in total. The molecule has 0 saturated heterocycles. The second-order valence-corrected chi connectivity index (χ2v) is 26.6. The number of nitrogen functional groups attached to an aromatic ring is 1. The smallest absolute Gasteiger partial charge is 0.339 e. The molecule has 0 fully saturated rings. The number of nitrogens with one attached hydrogen (secondary N) is 5. The Morgan fingerprint density at radius 1 is 0.358 bits per heavy atom. The van der Waals surface area contributed by atoms with Crippen molar-refractivity contribution in [3.05, 3.63) is 288 Å². The topological polar surface area (TPSA) is 245 Å². The quantitative estimate of drug-likeness (QED) is 0.0632. The number of aromatic carboxylic acids is 1. The lowest BCUT2D eigenvalue weighted by molar-refractivity contribution is 0.0692. The van der Waals surface area contributed by atoms with Crippen LogP contribution in [-0.2, 0) is 0 Å². The Balaban J connectivity index is 0.910. The van der Waals surface area contributed by atoms with Gasteiger partial charge in [-0.15, -0.1) is 0 Å². The molecule has 0 radical (unpaired) electrons. The molecule has 8 N–H and O–H groups in total. The number of aromatic nitrogens is 4. The number of nitrogens with zero attached hydrogens (tertiary/aromatic N) is 2. The first-order valence-corrected chi connectivity index (χ1v) is 35.2. The number of rotatable bonds is 10. The summed E-state index contributed by atoms with van der Waals surface area (Å²) in [6.45, 7) is 0. The molecule has 6 heterocycles. The largest absolute Gasteiger partial charge is 0.495 e. The minimum absolute atomic E-state index is 0.0627. The number of ether oxygens (including phenoxy) is 4. The van der Waals surface area contributed by atoms with E-state index in [9.17, 15) is 9.90 Å². The maximum Gasteiger partial charge on any atom is 0.339 e. The standard InChI is InChI=1S/C92H64N8O9/c1-106-85-61-45-49-21-5-9-25-53(49)81(85)82-54-26-10-6-22-50(54)46-62(86(82)107-2)90(102)99-68-36-20-16-32-60(68)80-75-43-41-73(96-75)78(58-30-14-18-34-66(58)98-89(61)101)71-39-37-69(94-71)77(57-29-13-17-33-65(57)93)70-38-40-72(95-70)79(74-42-44-76(80)97-74)59-31-15-19-35-67(59)100-91(103)63-47-51-23-7-11-27-55(51)83(87(63)108-3)84-56-28-12-8-24-52(56)48-64(92(104)105)88(84)109-4/h5-48,94,97H,93H2,1-4H3,(H,98,101)(H,99,102)(H,100,103)(H,104,105). The number of carbonyl (C=O) groups excluding carboxylic acids is 3. The van der Waals surface area contributed by atoms with Crippen LogP contribution in [0.1, 0.15) is 64.2 Å². The van der Waals surface area contributed by atoms with E-state index in [1.54, 1.807) is 19.2 Å². The fourth-order valence-electron chi connectivity index (χ4n) is 15.9. The Bertz CT molecular complexity index is 6730. The molecule has 0 atom stereocenters. The van der Waals surface area contributed by atoms with E-state index in [0.717, 1.165) is 21.5 Å². The molecule has 18 rings (SSSR count). The predicted octanol–water partition coefficient (Wildman–Crippen LogP) is 20.7. The number of benzene rings is 12. The van der Waals surface area contributed by atoms with Crippen molar-refractivity contribution < 1.29 is 43.2 Å². The zero-order valence-corrected chi connectivity index (χ0v) is 59.1. The first kappa shape index (κ1) is 66.1. The number of aromatic amines is 2. The van der Waals surface area contributed by atoms with Gasteiger partial charge in [0.1, 0.15) is 28.6 Å². The van der Waals surface area contributed by atoms with E-state index in [1.165, 1.54) is 21.3 Å². The van der Waals surface area contributed by atoms with Gasteiger partial charge in [-0.1, -0.05) is 170 Å². The number of nitrogens with two attached hydrogens (primary N) is 1. The summed E-state index contributed by atoms with van der Waals surface area (Å²) in [6.07, 6.45) is 7.79. The normalized spacial score (nSPS) is 12.3. The molecule has 3 aromatic heterocycles. The molecule has 0 unspecified atom stereocenters. The molecule has 3 amide bonds. The molecule has 0 spiro atoms. The van der Waals surface area contributed by atoms with Gasteiger partial charge >= 0.3 is 5.97 Å². The highest BCUT2D eigenvalue weighted by Crippen LogP contribution is 2.52. The van der Waals surface area contributed by atoms with Crippen molar-refractivity contribution in [2.24, 2.45) is 0 Å². The summed E-state index contributed by atoms with van der Waals surface area (Å²) in [7, 11) is 6.00. The number of H-pyrrole nitrogens is 2. The molecule has 0 saturated carbocycles. The van der Waals surface area contributed by atoms with Gasteiger partial charge in [0, 0.05) is 112 Å². The average Bonchev–Trinajstić information content (AvgIpc) is 1.44. The first-order chi connectivity index (χ1) is 53.4. The second kappa shape index (κ2) is 26.7. The van der Waals surface area contributed by atoms with Gasteiger partial charge in [-0.05, 0) is 140 Å². The van der Waals surface area contributed by atoms with Gasteiger partial charge in [0.05, 0.1) is 67.9 Å². The number of fused-ring (bicyclic) bond motifs is 23. The van der Waals surface area contributed by atoms with Crippen molar-refractivity contribution in [3.63, 3.8) is 0 Å². The summed E-state index contributed by atoms with van der Waals surface area (Å²) in [5, 5.41) is 26.4. The van der Waals surface area contributed by atoms with Gasteiger partial charge in [-0.2, -0.15) is 0 Å². The van der Waals surface area contributed by atoms with Crippen molar-refractivity contribution in [1.29, 1.82) is 0 Å². The molecule has 3 aliphatic rings. The fourth-order valence-corrected chi connectivity index (χ4v) is 15.9. The summed E-state index contributed by atoms with van der Waals surface area (Å²) < 4.78 is 25.4. The summed E-state index contributed by atoms with van der Waals surface area (Å²) >= 11 is 0. The van der Waals surface area contributed by atoms with Crippen LogP contribution in [0.3, 0.4) is 0 Å². The van der Waals surface area contributed by atoms with E-state index in [4.69, 9.17) is 34.6 Å². The molecule has 526 valence electrons. The van der Waals surface area contributed by atoms with E-state index in [1.807, 2.05) is 255 Å². The van der Waals surface area contributed by atoms with Gasteiger partial charge in [-0.3, -0.25) is 14.4 Å². The Labute approximate surface area is 623 Å². The average molecular weight is 1430 g/mol. The Kier molecular flexibility index (Phi) is 16.2. The number of anilines is 4. The molecule has 3 aliphatic heterocycles. The lowest BCUT2D eigenvalue weighted by Gasteiger charge is -2.22. The van der Waals surface area contributed by atoms with Crippen LogP contribution in [0.5, 0.6) is 23.0 Å². The highest BCUT2D eigenvalue weighted by molar-refractivity contribution is 6.22. The summed E-state index contributed by atoms with van der Waals surface area (Å²) in [6, 6.07) is 75.8. The van der Waals surface area contributed by atoms with E-state index in [-0.39, 0.29) is 45.3 Å². The number of methoxy groups -OCH3 is 4. The van der Waals surface area contributed by atoms with E-state index < -0.39 is 23.7 Å². The van der Waals surface area contributed by atoms with Gasteiger partial charge in [0.25, 0.3) is 17.7 Å². The van der Waals surface area contributed by atoms with Crippen molar-refractivity contribution >= 4 is 136 Å². The highest BCUT2D eigenvalue weighted by Gasteiger charge is 2.33. The maximum absolute atomic E-state index is 15.9. The summed E-state index contributed by atoms with van der Waals surface area (Å²) in [5.41, 5.74) is 20.9. The van der Waals surface area contributed by atoms with Crippen LogP contribution in [0.4, 0.5) is 22.7 Å². The van der Waals surface area contributed by atoms with Crippen LogP contribution in [0, 0.1) is 0 Å². The lowest BCUT2D eigenvalue weighted by atomic mass is 9.88. The minimum Gasteiger partial charge on any atom is -0.495 e. The van der Waals surface area contributed by atoms with Crippen molar-refractivity contribution in [3.8, 4) is 89.8 Å². The number of hydrogen-bond donors (Lipinski definition) is 7. The van der Waals surface area contributed by atoms with E-state index >= 15 is 14.4 Å². The molecule has 0 aliphatic carbocycles. The number of carboxylic acids is 1. The monoisotopic (exact) mass is 1420 g/mol. The third kappa shape index (κ3) is 11.0. The first-order valence-electron chi connectivity index (χ1n) is 35.2. The molecular weight excluding hydrogens is 1360 g/mol. The Hall–Kier alpha value is -14.8. The van der Waals surface area contributed by atoms with Crippen molar-refractivity contribution in [2.75, 3.05) is 50.1 Å². The number of amides is 3. The number of hydrogen-bond acceptors (Lipinski definition) is 11. The van der Waals surface area contributed by atoms with E-state index in [2.05, 4.69) is 25.9 Å². The third-order valence-corrected chi connectivity index (χ3v) is 20.6. The fraction of sp³-hybridized carbons (Fsp3) is 0.0435. The SMILES string of the molecule is COc1c(C(=O)O)cc2ccccc2c1-c1c(OC)c(C(=O)Nc2ccccc2-c2c3nc(c(-c4ccccc4N)c4ccc([nH]4)c4c5nc(c(c6ccc2[nH]6)-c2ccccc2NC(=O)c2cc6ccccc6c(c2OC)-c2c(OC)c(cc6ccccc26)C(=O)Nc2ccccc2-4)C=C5)C=C3)cc2ccccc12. The number of para-hydroxylation sites is 4. The molecule has 14 bridgehead atoms. The van der Waals surface area contributed by atoms with Gasteiger partial charge < -0.3 is 55.7 Å². The van der Waals surface area contributed by atoms with Crippen molar-refractivity contribution in [1.82, 2.24) is 19.9 Å². The number of carbonyl (C=O) groups is 4. The number of carboxylic acid groups (broad SMARTS) is 1. The van der Waals surface area contributed by atoms with Crippen LogP contribution in [0.15, 0.2) is 243 Å².